The molecule has 0 atom stereocenters. The minimum atomic E-state index is -0.467. The summed E-state index contributed by atoms with van der Waals surface area (Å²) < 4.78 is 17.9. The molecule has 1 aromatic carbocycles. The molecular weight excluding hydrogens is 402 g/mol. The van der Waals surface area contributed by atoms with Gasteiger partial charge < -0.3 is 18.8 Å². The third-order valence-electron chi connectivity index (χ3n) is 4.98. The van der Waals surface area contributed by atoms with Gasteiger partial charge in [-0.15, -0.1) is 11.3 Å². The second-order valence-corrected chi connectivity index (χ2v) is 7.87. The van der Waals surface area contributed by atoms with Crippen LogP contribution in [0.5, 0.6) is 11.5 Å². The lowest BCUT2D eigenvalue weighted by molar-refractivity contribution is 0.0600. The largest absolute Gasteiger partial charge is 0.493 e. The molecule has 0 N–H and O–H groups in total. The Morgan fingerprint density at radius 3 is 2.53 bits per heavy atom. The lowest BCUT2D eigenvalue weighted by Gasteiger charge is -2.12. The highest BCUT2D eigenvalue weighted by Gasteiger charge is 2.18. The van der Waals surface area contributed by atoms with Crippen LogP contribution in [0.25, 0.3) is 0 Å². The van der Waals surface area contributed by atoms with Crippen LogP contribution in [0.3, 0.4) is 0 Å². The van der Waals surface area contributed by atoms with Crippen molar-refractivity contribution in [2.75, 3.05) is 20.8 Å². The number of hydrogen-bond donors (Lipinski definition) is 0. The molecule has 0 bridgehead atoms. The molecule has 0 radical (unpaired) electrons. The average Bonchev–Trinajstić information content (AvgIpc) is 3.37. The third kappa shape index (κ3) is 4.74. The van der Waals surface area contributed by atoms with Crippen molar-refractivity contribution < 1.29 is 23.8 Å². The second kappa shape index (κ2) is 9.63. The van der Waals surface area contributed by atoms with E-state index in [1.165, 1.54) is 25.2 Å². The first-order chi connectivity index (χ1) is 14.4. The topological polar surface area (TPSA) is 66.8 Å². The number of nitrogens with zero attached hydrogens (tertiary/aromatic N) is 1. The molecule has 0 spiro atoms. The summed E-state index contributed by atoms with van der Waals surface area (Å²) in [5.74, 6) is 0.188. The van der Waals surface area contributed by atoms with E-state index < -0.39 is 5.97 Å². The number of thiophene rings is 1. The Morgan fingerprint density at radius 1 is 1.07 bits per heavy atom. The van der Waals surface area contributed by atoms with E-state index in [0.717, 1.165) is 24.4 Å². The molecule has 0 saturated carbocycles. The molecule has 7 heteroatoms. The quantitative estimate of drug-likeness (QED) is 0.372. The van der Waals surface area contributed by atoms with Gasteiger partial charge in [-0.25, -0.2) is 4.79 Å². The van der Waals surface area contributed by atoms with Gasteiger partial charge in [0.15, 0.2) is 18.1 Å². The lowest BCUT2D eigenvalue weighted by Crippen LogP contribution is -2.14. The molecular formula is C23H25NO5S. The maximum absolute atomic E-state index is 12.8. The van der Waals surface area contributed by atoms with Gasteiger partial charge in [-0.2, -0.15) is 0 Å². The SMILES string of the molecule is COC(=O)c1ccc(OCC(=O)c2cc(C)n(CCc3cccs3)c2C)c(OC)c1. The van der Waals surface area contributed by atoms with Gasteiger partial charge in [-0.1, -0.05) is 6.07 Å². The molecule has 0 aliphatic rings. The maximum atomic E-state index is 12.8. The molecule has 0 unspecified atom stereocenters. The highest BCUT2D eigenvalue weighted by atomic mass is 32.1. The van der Waals surface area contributed by atoms with E-state index in [-0.39, 0.29) is 12.4 Å². The average molecular weight is 428 g/mol. The molecule has 158 valence electrons. The summed E-state index contributed by atoms with van der Waals surface area (Å²) in [6.07, 6.45) is 0.932. The van der Waals surface area contributed by atoms with E-state index in [2.05, 4.69) is 16.0 Å². The molecule has 0 saturated heterocycles. The molecule has 0 amide bonds. The summed E-state index contributed by atoms with van der Waals surface area (Å²) in [6.45, 7) is 4.67. The predicted molar refractivity (Wildman–Crippen MR) is 116 cm³/mol. The Labute approximate surface area is 180 Å². The Balaban J connectivity index is 1.69. The van der Waals surface area contributed by atoms with Gasteiger partial charge in [-0.3, -0.25) is 4.79 Å². The van der Waals surface area contributed by atoms with Crippen LogP contribution in [0, 0.1) is 13.8 Å². The molecule has 0 aliphatic carbocycles. The molecule has 2 aromatic heterocycles. The van der Waals surface area contributed by atoms with Gasteiger partial charge in [0.2, 0.25) is 5.78 Å². The van der Waals surface area contributed by atoms with Gasteiger partial charge >= 0.3 is 5.97 Å². The monoisotopic (exact) mass is 427 g/mol. The number of carbonyl (C=O) groups excluding carboxylic acids is 2. The summed E-state index contributed by atoms with van der Waals surface area (Å²) in [7, 11) is 2.79. The summed E-state index contributed by atoms with van der Waals surface area (Å²) in [5.41, 5.74) is 2.99. The normalized spacial score (nSPS) is 10.7. The van der Waals surface area contributed by atoms with E-state index in [9.17, 15) is 9.59 Å². The van der Waals surface area contributed by atoms with Gasteiger partial charge in [0.1, 0.15) is 0 Å². The van der Waals surface area contributed by atoms with Gasteiger partial charge in [0.05, 0.1) is 19.8 Å². The third-order valence-corrected chi connectivity index (χ3v) is 5.92. The summed E-state index contributed by atoms with van der Waals surface area (Å²) >= 11 is 1.74. The highest BCUT2D eigenvalue weighted by Crippen LogP contribution is 2.29. The van der Waals surface area contributed by atoms with Crippen LogP contribution in [0.2, 0.25) is 0 Å². The van der Waals surface area contributed by atoms with Crippen LogP contribution in [-0.4, -0.2) is 37.1 Å². The number of hydrogen-bond acceptors (Lipinski definition) is 6. The summed E-state index contributed by atoms with van der Waals surface area (Å²) in [6, 6.07) is 10.8. The van der Waals surface area contributed by atoms with Crippen molar-refractivity contribution in [1.82, 2.24) is 4.57 Å². The van der Waals surface area contributed by atoms with E-state index in [1.807, 2.05) is 26.0 Å². The van der Waals surface area contributed by atoms with Crippen molar-refractivity contribution in [3.8, 4) is 11.5 Å². The van der Waals surface area contributed by atoms with Crippen LogP contribution < -0.4 is 9.47 Å². The van der Waals surface area contributed by atoms with Crippen LogP contribution in [0.4, 0.5) is 0 Å². The molecule has 30 heavy (non-hydrogen) atoms. The number of aryl methyl sites for hydroxylation is 2. The predicted octanol–water partition coefficient (Wildman–Crippen LogP) is 4.47. The number of rotatable bonds is 9. The zero-order chi connectivity index (χ0) is 21.7. The standard InChI is InChI=1S/C23H25NO5S/c1-15-12-19(16(2)24(15)10-9-18-6-5-11-30-18)20(25)14-29-21-8-7-17(23(26)28-4)13-22(21)27-3/h5-8,11-13H,9-10,14H2,1-4H3. The Kier molecular flexibility index (Phi) is 6.95. The first-order valence-electron chi connectivity index (χ1n) is 9.56. The first kappa shape index (κ1) is 21.6. The fraction of sp³-hybridized carbons (Fsp3) is 0.304. The van der Waals surface area contributed by atoms with Crippen LogP contribution in [-0.2, 0) is 17.7 Å². The van der Waals surface area contributed by atoms with Gasteiger partial charge in [0.25, 0.3) is 0 Å². The molecule has 6 nitrogen and oxygen atoms in total. The van der Waals surface area contributed by atoms with Crippen molar-refractivity contribution in [1.29, 1.82) is 0 Å². The zero-order valence-electron chi connectivity index (χ0n) is 17.6. The Bertz CT molecular complexity index is 1040. The molecule has 3 aromatic rings. The van der Waals surface area contributed by atoms with E-state index in [1.54, 1.807) is 23.5 Å². The van der Waals surface area contributed by atoms with Gasteiger partial charge in [0, 0.05) is 28.4 Å². The Morgan fingerprint density at radius 2 is 1.87 bits per heavy atom. The number of aromatic nitrogens is 1. The first-order valence-corrected chi connectivity index (χ1v) is 10.4. The minimum Gasteiger partial charge on any atom is -0.493 e. The number of ketones is 1. The van der Waals surface area contributed by atoms with Crippen LogP contribution in [0.15, 0.2) is 41.8 Å². The molecule has 0 aliphatic heterocycles. The molecule has 2 heterocycles. The van der Waals surface area contributed by atoms with Crippen LogP contribution >= 0.6 is 11.3 Å². The number of methoxy groups -OCH3 is 2. The Hall–Kier alpha value is -3.06. The summed E-state index contributed by atoms with van der Waals surface area (Å²) in [4.78, 5) is 25.8. The van der Waals surface area contributed by atoms with Crippen molar-refractivity contribution in [2.45, 2.75) is 26.8 Å². The second-order valence-electron chi connectivity index (χ2n) is 6.83. The van der Waals surface area contributed by atoms with Crippen molar-refractivity contribution in [2.24, 2.45) is 0 Å². The number of carbonyl (C=O) groups is 2. The van der Waals surface area contributed by atoms with Gasteiger partial charge in [-0.05, 0) is 56.0 Å². The van der Waals surface area contributed by atoms with E-state index in [0.29, 0.717) is 22.6 Å². The number of Topliss-reactive ketones (excluding diaryl/α,β-unsaturated/α-hetero) is 1. The van der Waals surface area contributed by atoms with E-state index in [4.69, 9.17) is 14.2 Å². The van der Waals surface area contributed by atoms with Crippen LogP contribution in [0.1, 0.15) is 37.0 Å². The summed E-state index contributed by atoms with van der Waals surface area (Å²) in [5, 5.41) is 2.07. The molecule has 3 rings (SSSR count). The fourth-order valence-corrected chi connectivity index (χ4v) is 4.06. The van der Waals surface area contributed by atoms with E-state index >= 15 is 0 Å². The zero-order valence-corrected chi connectivity index (χ0v) is 18.4. The fourth-order valence-electron chi connectivity index (χ4n) is 3.36. The lowest BCUT2D eigenvalue weighted by atomic mass is 10.1. The van der Waals surface area contributed by atoms with Crippen molar-refractivity contribution in [3.05, 3.63) is 69.2 Å². The number of ether oxygens (including phenoxy) is 3. The number of benzene rings is 1. The highest BCUT2D eigenvalue weighted by molar-refractivity contribution is 7.09. The molecule has 0 fully saturated rings. The van der Waals surface area contributed by atoms with Crippen molar-refractivity contribution in [3.63, 3.8) is 0 Å². The van der Waals surface area contributed by atoms with Crippen molar-refractivity contribution >= 4 is 23.1 Å². The number of esters is 1. The maximum Gasteiger partial charge on any atom is 0.337 e. The minimum absolute atomic E-state index is 0.107. The smallest absolute Gasteiger partial charge is 0.337 e.